The second kappa shape index (κ2) is 4.76. The van der Waals surface area contributed by atoms with Crippen LogP contribution in [0.5, 0.6) is 0 Å². The SMILES string of the molecule is O=C(c1cc2c(s1)CCOC2)N1CCNCC1. The number of thiophene rings is 1. The summed E-state index contributed by atoms with van der Waals surface area (Å²) in [6.07, 6.45) is 0.953. The standard InChI is InChI=1S/C12H16N2O2S/c15-12(14-4-2-13-3-5-14)11-7-9-8-16-6-1-10(9)17-11/h7,13H,1-6,8H2. The van der Waals surface area contributed by atoms with Gasteiger partial charge in [-0.25, -0.2) is 0 Å². The summed E-state index contributed by atoms with van der Waals surface area (Å²) in [4.78, 5) is 16.4. The number of fused-ring (bicyclic) bond motifs is 1. The van der Waals surface area contributed by atoms with Crippen molar-refractivity contribution in [3.63, 3.8) is 0 Å². The first-order chi connectivity index (χ1) is 8.34. The van der Waals surface area contributed by atoms with Gasteiger partial charge in [0.25, 0.3) is 5.91 Å². The zero-order chi connectivity index (χ0) is 11.7. The average molecular weight is 252 g/mol. The van der Waals surface area contributed by atoms with E-state index in [2.05, 4.69) is 5.32 Å². The molecule has 1 aromatic rings. The van der Waals surface area contributed by atoms with Gasteiger partial charge in [0.2, 0.25) is 0 Å². The molecule has 5 heteroatoms. The number of amides is 1. The topological polar surface area (TPSA) is 41.6 Å². The van der Waals surface area contributed by atoms with E-state index < -0.39 is 0 Å². The van der Waals surface area contributed by atoms with Crippen molar-refractivity contribution in [2.45, 2.75) is 13.0 Å². The lowest BCUT2D eigenvalue weighted by Gasteiger charge is -2.26. The smallest absolute Gasteiger partial charge is 0.264 e. The van der Waals surface area contributed by atoms with Gasteiger partial charge in [0.05, 0.1) is 18.1 Å². The van der Waals surface area contributed by atoms with Gasteiger partial charge in [-0.05, 0) is 11.6 Å². The summed E-state index contributed by atoms with van der Waals surface area (Å²) in [7, 11) is 0. The number of nitrogens with zero attached hydrogens (tertiary/aromatic N) is 1. The third-order valence-corrected chi connectivity index (χ3v) is 4.47. The third kappa shape index (κ3) is 2.22. The van der Waals surface area contributed by atoms with Crippen LogP contribution in [0.3, 0.4) is 0 Å². The minimum absolute atomic E-state index is 0.186. The summed E-state index contributed by atoms with van der Waals surface area (Å²) in [5.74, 6) is 0.186. The number of carbonyl (C=O) groups is 1. The van der Waals surface area contributed by atoms with Crippen molar-refractivity contribution in [1.29, 1.82) is 0 Å². The molecule has 0 aromatic carbocycles. The molecule has 0 bridgehead atoms. The maximum absolute atomic E-state index is 12.3. The van der Waals surface area contributed by atoms with Crippen LogP contribution in [-0.2, 0) is 17.8 Å². The van der Waals surface area contributed by atoms with Crippen LogP contribution in [-0.4, -0.2) is 43.6 Å². The van der Waals surface area contributed by atoms with Crippen LogP contribution >= 0.6 is 11.3 Å². The molecule has 2 aliphatic rings. The fraction of sp³-hybridized carbons (Fsp3) is 0.583. The minimum Gasteiger partial charge on any atom is -0.376 e. The fourth-order valence-corrected chi connectivity index (χ4v) is 3.39. The zero-order valence-electron chi connectivity index (χ0n) is 9.70. The van der Waals surface area contributed by atoms with E-state index >= 15 is 0 Å². The lowest BCUT2D eigenvalue weighted by atomic mass is 10.2. The lowest BCUT2D eigenvalue weighted by molar-refractivity contribution is 0.0740. The molecule has 0 atom stereocenters. The number of carbonyl (C=O) groups excluding carboxylic acids is 1. The first-order valence-corrected chi connectivity index (χ1v) is 6.85. The van der Waals surface area contributed by atoms with E-state index in [-0.39, 0.29) is 5.91 Å². The van der Waals surface area contributed by atoms with Gasteiger partial charge in [0.15, 0.2) is 0 Å². The Kier molecular flexibility index (Phi) is 3.13. The monoisotopic (exact) mass is 252 g/mol. The van der Waals surface area contributed by atoms with Gasteiger partial charge in [0.1, 0.15) is 0 Å². The highest BCUT2D eigenvalue weighted by molar-refractivity contribution is 7.14. The molecule has 3 rings (SSSR count). The Morgan fingerprint density at radius 2 is 2.24 bits per heavy atom. The van der Waals surface area contributed by atoms with Crippen LogP contribution in [0.15, 0.2) is 6.07 Å². The molecular formula is C12H16N2O2S. The van der Waals surface area contributed by atoms with Crippen LogP contribution in [0, 0.1) is 0 Å². The van der Waals surface area contributed by atoms with Crippen LogP contribution in [0.2, 0.25) is 0 Å². The molecule has 3 heterocycles. The predicted molar refractivity (Wildman–Crippen MR) is 66.5 cm³/mol. The molecule has 2 aliphatic heterocycles. The van der Waals surface area contributed by atoms with Gasteiger partial charge in [-0.2, -0.15) is 0 Å². The van der Waals surface area contributed by atoms with Crippen LogP contribution in [0.25, 0.3) is 0 Å². The Balaban J connectivity index is 1.78. The molecule has 1 fully saturated rings. The minimum atomic E-state index is 0.186. The van der Waals surface area contributed by atoms with Gasteiger partial charge in [-0.15, -0.1) is 11.3 Å². The zero-order valence-corrected chi connectivity index (χ0v) is 10.5. The molecular weight excluding hydrogens is 236 g/mol. The molecule has 92 valence electrons. The maximum Gasteiger partial charge on any atom is 0.264 e. The molecule has 1 amide bonds. The number of hydrogen-bond donors (Lipinski definition) is 1. The van der Waals surface area contributed by atoms with Gasteiger partial charge < -0.3 is 15.0 Å². The van der Waals surface area contributed by atoms with E-state index in [9.17, 15) is 4.79 Å². The Morgan fingerprint density at radius 3 is 3.00 bits per heavy atom. The molecule has 1 aromatic heterocycles. The number of hydrogen-bond acceptors (Lipinski definition) is 4. The first kappa shape index (κ1) is 11.2. The van der Waals surface area contributed by atoms with E-state index in [1.165, 1.54) is 10.4 Å². The van der Waals surface area contributed by atoms with Crippen molar-refractivity contribution in [3.8, 4) is 0 Å². The lowest BCUT2D eigenvalue weighted by Crippen LogP contribution is -2.46. The summed E-state index contributed by atoms with van der Waals surface area (Å²) in [6, 6.07) is 2.02. The third-order valence-electron chi connectivity index (χ3n) is 3.24. The van der Waals surface area contributed by atoms with E-state index in [0.717, 1.165) is 44.1 Å². The van der Waals surface area contributed by atoms with Crippen molar-refractivity contribution in [2.75, 3.05) is 32.8 Å². The Hall–Kier alpha value is -0.910. The molecule has 1 saturated heterocycles. The van der Waals surface area contributed by atoms with Gasteiger partial charge in [-0.3, -0.25) is 4.79 Å². The first-order valence-electron chi connectivity index (χ1n) is 6.04. The average Bonchev–Trinajstić information content (AvgIpc) is 2.82. The highest BCUT2D eigenvalue weighted by atomic mass is 32.1. The molecule has 0 radical (unpaired) electrons. The molecule has 0 aliphatic carbocycles. The van der Waals surface area contributed by atoms with Gasteiger partial charge >= 0.3 is 0 Å². The molecule has 0 unspecified atom stereocenters. The van der Waals surface area contributed by atoms with Gasteiger partial charge in [-0.1, -0.05) is 0 Å². The predicted octanol–water partition coefficient (Wildman–Crippen LogP) is 0.866. The van der Waals surface area contributed by atoms with Crippen molar-refractivity contribution < 1.29 is 9.53 Å². The largest absolute Gasteiger partial charge is 0.376 e. The quantitative estimate of drug-likeness (QED) is 0.806. The second-order valence-electron chi connectivity index (χ2n) is 4.40. The van der Waals surface area contributed by atoms with Crippen LogP contribution < -0.4 is 5.32 Å². The summed E-state index contributed by atoms with van der Waals surface area (Å²) >= 11 is 1.65. The van der Waals surface area contributed by atoms with Crippen LogP contribution in [0.4, 0.5) is 0 Å². The van der Waals surface area contributed by atoms with Crippen LogP contribution in [0.1, 0.15) is 20.1 Å². The number of piperazine rings is 1. The Labute approximate surface area is 105 Å². The molecule has 0 spiro atoms. The fourth-order valence-electron chi connectivity index (χ4n) is 2.28. The number of nitrogens with one attached hydrogen (secondary N) is 1. The van der Waals surface area contributed by atoms with Crippen molar-refractivity contribution in [1.82, 2.24) is 10.2 Å². The second-order valence-corrected chi connectivity index (χ2v) is 5.54. The number of rotatable bonds is 1. The molecule has 17 heavy (non-hydrogen) atoms. The Morgan fingerprint density at radius 1 is 1.41 bits per heavy atom. The molecule has 0 saturated carbocycles. The van der Waals surface area contributed by atoms with E-state index in [4.69, 9.17) is 4.74 Å². The highest BCUT2D eigenvalue weighted by Crippen LogP contribution is 2.27. The van der Waals surface area contributed by atoms with E-state index in [0.29, 0.717) is 6.61 Å². The summed E-state index contributed by atoms with van der Waals surface area (Å²) in [5.41, 5.74) is 1.21. The molecule has 1 N–H and O–H groups in total. The van der Waals surface area contributed by atoms with Crippen molar-refractivity contribution >= 4 is 17.2 Å². The van der Waals surface area contributed by atoms with Crippen molar-refractivity contribution in [3.05, 3.63) is 21.4 Å². The van der Waals surface area contributed by atoms with Crippen molar-refractivity contribution in [2.24, 2.45) is 0 Å². The Bertz CT molecular complexity index is 401. The van der Waals surface area contributed by atoms with E-state index in [1.807, 2.05) is 11.0 Å². The number of ether oxygens (including phenoxy) is 1. The van der Waals surface area contributed by atoms with Gasteiger partial charge in [0, 0.05) is 37.5 Å². The normalized spacial score (nSPS) is 20.1. The van der Waals surface area contributed by atoms with E-state index in [1.54, 1.807) is 11.3 Å². The maximum atomic E-state index is 12.3. The molecule has 4 nitrogen and oxygen atoms in total. The summed E-state index contributed by atoms with van der Waals surface area (Å²) in [5, 5.41) is 3.26. The highest BCUT2D eigenvalue weighted by Gasteiger charge is 2.22. The summed E-state index contributed by atoms with van der Waals surface area (Å²) < 4.78 is 5.41. The summed E-state index contributed by atoms with van der Waals surface area (Å²) in [6.45, 7) is 4.89.